The van der Waals surface area contributed by atoms with Crippen LogP contribution in [0.5, 0.6) is 0 Å². The van der Waals surface area contributed by atoms with Gasteiger partial charge in [-0.25, -0.2) is 8.78 Å². The highest BCUT2D eigenvalue weighted by molar-refractivity contribution is 5.94. The molecule has 1 aliphatic heterocycles. The summed E-state index contributed by atoms with van der Waals surface area (Å²) in [5, 5.41) is 5.38. The number of nitrogens with zero attached hydrogens (tertiary/aromatic N) is 1. The standard InChI is InChI=1S/C18H25F2N3O2/c1-3-8-21-18(25)13-5-4-9-23(11-13)12(2)17(24)22-16-7-6-14(19)10-15(16)20/h6-7,10,12-13H,3-5,8-9,11H2,1-2H3,(H,21,25)(H,22,24)/t12-,13+/m0/s1. The molecule has 0 saturated carbocycles. The first kappa shape index (κ1) is 19.3. The van der Waals surface area contributed by atoms with Crippen molar-refractivity contribution in [3.05, 3.63) is 29.8 Å². The molecule has 1 heterocycles. The summed E-state index contributed by atoms with van der Waals surface area (Å²) in [6.07, 6.45) is 2.50. The van der Waals surface area contributed by atoms with Crippen LogP contribution in [0.2, 0.25) is 0 Å². The quantitative estimate of drug-likeness (QED) is 0.826. The van der Waals surface area contributed by atoms with Gasteiger partial charge in [-0.05, 0) is 44.9 Å². The summed E-state index contributed by atoms with van der Waals surface area (Å²) >= 11 is 0. The lowest BCUT2D eigenvalue weighted by atomic mass is 9.96. The fraction of sp³-hybridized carbons (Fsp3) is 0.556. The Labute approximate surface area is 146 Å². The molecule has 7 heteroatoms. The first-order valence-electron chi connectivity index (χ1n) is 8.70. The maximum absolute atomic E-state index is 13.7. The lowest BCUT2D eigenvalue weighted by molar-refractivity contribution is -0.129. The molecule has 0 unspecified atom stereocenters. The van der Waals surface area contributed by atoms with Crippen LogP contribution in [0.1, 0.15) is 33.1 Å². The van der Waals surface area contributed by atoms with Gasteiger partial charge in [0.25, 0.3) is 0 Å². The van der Waals surface area contributed by atoms with Gasteiger partial charge < -0.3 is 10.6 Å². The molecule has 1 aliphatic rings. The molecule has 1 aromatic carbocycles. The van der Waals surface area contributed by atoms with Crippen molar-refractivity contribution in [3.8, 4) is 0 Å². The maximum atomic E-state index is 13.7. The molecule has 0 radical (unpaired) electrons. The van der Waals surface area contributed by atoms with E-state index >= 15 is 0 Å². The predicted octanol–water partition coefficient (Wildman–Crippen LogP) is 2.53. The molecule has 0 bridgehead atoms. The van der Waals surface area contributed by atoms with E-state index in [4.69, 9.17) is 0 Å². The van der Waals surface area contributed by atoms with Gasteiger partial charge in [0.15, 0.2) is 0 Å². The first-order chi connectivity index (χ1) is 11.9. The highest BCUT2D eigenvalue weighted by atomic mass is 19.1. The zero-order chi connectivity index (χ0) is 18.4. The Morgan fingerprint density at radius 3 is 2.80 bits per heavy atom. The molecular weight excluding hydrogens is 328 g/mol. The Morgan fingerprint density at radius 2 is 2.12 bits per heavy atom. The Kier molecular flexibility index (Phi) is 6.87. The first-order valence-corrected chi connectivity index (χ1v) is 8.70. The second kappa shape index (κ2) is 8.89. The highest BCUT2D eigenvalue weighted by Crippen LogP contribution is 2.20. The van der Waals surface area contributed by atoms with Gasteiger partial charge in [-0.1, -0.05) is 6.92 Å². The van der Waals surface area contributed by atoms with Gasteiger partial charge in [-0.15, -0.1) is 0 Å². The molecule has 0 aromatic heterocycles. The fourth-order valence-corrected chi connectivity index (χ4v) is 2.96. The van der Waals surface area contributed by atoms with Gasteiger partial charge in [0.2, 0.25) is 11.8 Å². The molecule has 1 fully saturated rings. The van der Waals surface area contributed by atoms with Gasteiger partial charge in [0.05, 0.1) is 17.6 Å². The number of nitrogens with one attached hydrogen (secondary N) is 2. The third kappa shape index (κ3) is 5.22. The van der Waals surface area contributed by atoms with Gasteiger partial charge in [-0.3, -0.25) is 14.5 Å². The SMILES string of the molecule is CCCNC(=O)[C@@H]1CCCN([C@@H](C)C(=O)Nc2ccc(F)cc2F)C1. The number of rotatable bonds is 6. The molecule has 0 spiro atoms. The summed E-state index contributed by atoms with van der Waals surface area (Å²) in [6, 6.07) is 2.52. The van der Waals surface area contributed by atoms with E-state index in [0.29, 0.717) is 19.6 Å². The van der Waals surface area contributed by atoms with E-state index in [1.807, 2.05) is 11.8 Å². The number of likely N-dealkylation sites (tertiary alicyclic amines) is 1. The van der Waals surface area contributed by atoms with Crippen LogP contribution in [0.25, 0.3) is 0 Å². The summed E-state index contributed by atoms with van der Waals surface area (Å²) in [5.74, 6) is -2.00. The Morgan fingerprint density at radius 1 is 1.36 bits per heavy atom. The Balaban J connectivity index is 1.95. The maximum Gasteiger partial charge on any atom is 0.241 e. The minimum absolute atomic E-state index is 0.0173. The van der Waals surface area contributed by atoms with Crippen LogP contribution in [0, 0.1) is 17.6 Å². The van der Waals surface area contributed by atoms with Gasteiger partial charge in [-0.2, -0.15) is 0 Å². The molecule has 1 saturated heterocycles. The zero-order valence-corrected chi connectivity index (χ0v) is 14.6. The Bertz CT molecular complexity index is 624. The number of carbonyl (C=O) groups is 2. The van der Waals surface area contributed by atoms with Crippen molar-refractivity contribution in [3.63, 3.8) is 0 Å². The second-order valence-electron chi connectivity index (χ2n) is 6.41. The van der Waals surface area contributed by atoms with Crippen molar-refractivity contribution in [2.45, 2.75) is 39.2 Å². The van der Waals surface area contributed by atoms with Crippen LogP contribution >= 0.6 is 0 Å². The molecule has 2 amide bonds. The molecular formula is C18H25F2N3O2. The van der Waals surface area contributed by atoms with E-state index in [2.05, 4.69) is 10.6 Å². The van der Waals surface area contributed by atoms with Crippen LogP contribution in [0.15, 0.2) is 18.2 Å². The average Bonchev–Trinajstić information content (AvgIpc) is 2.61. The van der Waals surface area contributed by atoms with Crippen molar-refractivity contribution in [2.24, 2.45) is 5.92 Å². The molecule has 138 valence electrons. The average molecular weight is 353 g/mol. The number of piperidine rings is 1. The summed E-state index contributed by atoms with van der Waals surface area (Å²) in [6.45, 7) is 5.57. The van der Waals surface area contributed by atoms with Crippen molar-refractivity contribution in [2.75, 3.05) is 25.0 Å². The number of hydrogen-bond acceptors (Lipinski definition) is 3. The van der Waals surface area contributed by atoms with E-state index in [0.717, 1.165) is 31.4 Å². The molecule has 2 rings (SSSR count). The molecule has 5 nitrogen and oxygen atoms in total. The minimum Gasteiger partial charge on any atom is -0.356 e. The second-order valence-corrected chi connectivity index (χ2v) is 6.41. The van der Waals surface area contributed by atoms with Crippen LogP contribution in [0.3, 0.4) is 0 Å². The summed E-state index contributed by atoms with van der Waals surface area (Å²) in [7, 11) is 0. The van der Waals surface area contributed by atoms with E-state index in [-0.39, 0.29) is 23.4 Å². The van der Waals surface area contributed by atoms with Gasteiger partial charge in [0, 0.05) is 19.2 Å². The van der Waals surface area contributed by atoms with Crippen molar-refractivity contribution in [1.82, 2.24) is 10.2 Å². The number of carbonyl (C=O) groups excluding carboxylic acids is 2. The third-order valence-corrected chi connectivity index (χ3v) is 4.49. The highest BCUT2D eigenvalue weighted by Gasteiger charge is 2.30. The number of benzene rings is 1. The van der Waals surface area contributed by atoms with Gasteiger partial charge >= 0.3 is 0 Å². The van der Waals surface area contributed by atoms with E-state index in [9.17, 15) is 18.4 Å². The topological polar surface area (TPSA) is 61.4 Å². The third-order valence-electron chi connectivity index (χ3n) is 4.49. The van der Waals surface area contributed by atoms with Crippen molar-refractivity contribution >= 4 is 17.5 Å². The minimum atomic E-state index is -0.809. The zero-order valence-electron chi connectivity index (χ0n) is 14.6. The molecule has 2 N–H and O–H groups in total. The fourth-order valence-electron chi connectivity index (χ4n) is 2.96. The normalized spacial score (nSPS) is 19.3. The van der Waals surface area contributed by atoms with E-state index in [1.165, 1.54) is 6.07 Å². The predicted molar refractivity (Wildman–Crippen MR) is 92.0 cm³/mol. The van der Waals surface area contributed by atoms with E-state index in [1.54, 1.807) is 6.92 Å². The smallest absolute Gasteiger partial charge is 0.241 e. The summed E-state index contributed by atoms with van der Waals surface area (Å²) in [5.41, 5.74) is -0.0486. The lowest BCUT2D eigenvalue weighted by Gasteiger charge is -2.35. The van der Waals surface area contributed by atoms with Crippen molar-refractivity contribution < 1.29 is 18.4 Å². The summed E-state index contributed by atoms with van der Waals surface area (Å²) < 4.78 is 26.6. The van der Waals surface area contributed by atoms with Crippen molar-refractivity contribution in [1.29, 1.82) is 0 Å². The largest absolute Gasteiger partial charge is 0.356 e. The lowest BCUT2D eigenvalue weighted by Crippen LogP contribution is -2.50. The number of hydrogen-bond donors (Lipinski definition) is 2. The van der Waals surface area contributed by atoms with Crippen LogP contribution in [-0.4, -0.2) is 42.4 Å². The molecule has 2 atom stereocenters. The molecule has 25 heavy (non-hydrogen) atoms. The molecule has 0 aliphatic carbocycles. The Hall–Kier alpha value is -2.02. The molecule has 1 aromatic rings. The van der Waals surface area contributed by atoms with Crippen LogP contribution in [0.4, 0.5) is 14.5 Å². The van der Waals surface area contributed by atoms with Crippen LogP contribution in [-0.2, 0) is 9.59 Å². The summed E-state index contributed by atoms with van der Waals surface area (Å²) in [4.78, 5) is 26.4. The monoisotopic (exact) mass is 353 g/mol. The van der Waals surface area contributed by atoms with Gasteiger partial charge in [0.1, 0.15) is 11.6 Å². The van der Waals surface area contributed by atoms with E-state index < -0.39 is 17.7 Å². The number of anilines is 1. The van der Waals surface area contributed by atoms with Crippen LogP contribution < -0.4 is 10.6 Å². The number of amides is 2. The number of halogens is 2.